The number of carboxylic acids is 1. The zero-order valence-electron chi connectivity index (χ0n) is 12.3. The number of ether oxygens (including phenoxy) is 2. The van der Waals surface area contributed by atoms with E-state index in [9.17, 15) is 22.8 Å². The number of benzene rings is 1. The van der Waals surface area contributed by atoms with Crippen molar-refractivity contribution in [1.29, 1.82) is 0 Å². The van der Waals surface area contributed by atoms with Gasteiger partial charge in [0, 0.05) is 0 Å². The summed E-state index contributed by atoms with van der Waals surface area (Å²) in [5, 5.41) is 19.6. The molecule has 1 rings (SSSR count). The Morgan fingerprint density at radius 1 is 1.17 bits per heavy atom. The number of carboxylic acid groups (broad SMARTS) is 1. The van der Waals surface area contributed by atoms with E-state index in [2.05, 4.69) is 4.74 Å². The molecule has 0 heterocycles. The lowest BCUT2D eigenvalue weighted by atomic mass is 10.2. The first-order chi connectivity index (χ1) is 11.2. The van der Waals surface area contributed by atoms with Crippen LogP contribution in [0.5, 0.6) is 0 Å². The normalized spacial score (nSPS) is 13.8. The van der Waals surface area contributed by atoms with Crippen LogP contribution in [-0.2, 0) is 20.9 Å². The fraction of sp³-hybridized carbons (Fsp3) is 0.429. The molecule has 0 radical (unpaired) electrons. The van der Waals surface area contributed by atoms with Crippen LogP contribution < -0.4 is 5.32 Å². The number of aliphatic hydroxyl groups excluding tert-OH is 1. The van der Waals surface area contributed by atoms with Crippen molar-refractivity contribution in [2.75, 3.05) is 13.2 Å². The second-order valence-corrected chi connectivity index (χ2v) is 4.69. The maximum atomic E-state index is 12.1. The zero-order chi connectivity index (χ0) is 18.2. The van der Waals surface area contributed by atoms with Crippen LogP contribution in [-0.4, -0.2) is 53.8 Å². The summed E-state index contributed by atoms with van der Waals surface area (Å²) in [6.45, 7) is -2.01. The van der Waals surface area contributed by atoms with E-state index in [4.69, 9.17) is 14.9 Å². The van der Waals surface area contributed by atoms with Crippen LogP contribution in [0.3, 0.4) is 0 Å². The number of alkyl halides is 3. The number of hydrogen-bond acceptors (Lipinski definition) is 5. The quantitative estimate of drug-likeness (QED) is 0.652. The molecule has 0 spiro atoms. The Bertz CT molecular complexity index is 537. The van der Waals surface area contributed by atoms with Gasteiger partial charge in [0.05, 0.1) is 13.2 Å². The smallest absolute Gasteiger partial charge is 0.416 e. The average molecular weight is 351 g/mol. The first kappa shape index (κ1) is 19.7. The molecule has 0 fully saturated rings. The van der Waals surface area contributed by atoms with Crippen molar-refractivity contribution < 1.29 is 42.4 Å². The molecule has 2 unspecified atom stereocenters. The van der Waals surface area contributed by atoms with E-state index in [1.807, 2.05) is 5.32 Å². The SMILES string of the molecule is O=C(NC(COCC(O)C(F)(F)F)C(=O)O)OCc1ccccc1. The topological polar surface area (TPSA) is 105 Å². The molecule has 3 N–H and O–H groups in total. The van der Waals surface area contributed by atoms with Gasteiger partial charge in [-0.3, -0.25) is 0 Å². The maximum absolute atomic E-state index is 12.1. The van der Waals surface area contributed by atoms with Gasteiger partial charge in [-0.2, -0.15) is 13.2 Å². The summed E-state index contributed by atoms with van der Waals surface area (Å²) < 4.78 is 45.5. The lowest BCUT2D eigenvalue weighted by Crippen LogP contribution is -2.45. The molecule has 1 amide bonds. The van der Waals surface area contributed by atoms with Gasteiger partial charge >= 0.3 is 18.2 Å². The first-order valence-corrected chi connectivity index (χ1v) is 6.72. The predicted octanol–water partition coefficient (Wildman–Crippen LogP) is 1.31. The predicted molar refractivity (Wildman–Crippen MR) is 74.1 cm³/mol. The summed E-state index contributed by atoms with van der Waals surface area (Å²) in [5.41, 5.74) is 0.670. The van der Waals surface area contributed by atoms with Gasteiger partial charge < -0.3 is 25.0 Å². The fourth-order valence-corrected chi connectivity index (χ4v) is 1.47. The molecule has 134 valence electrons. The van der Waals surface area contributed by atoms with Gasteiger partial charge in [0.15, 0.2) is 12.1 Å². The van der Waals surface area contributed by atoms with E-state index in [1.54, 1.807) is 30.3 Å². The molecule has 0 aliphatic rings. The minimum atomic E-state index is -4.87. The number of aliphatic carboxylic acids is 1. The Labute approximate surface area is 135 Å². The molecule has 1 aromatic rings. The third-order valence-electron chi connectivity index (χ3n) is 2.74. The minimum Gasteiger partial charge on any atom is -0.480 e. The van der Waals surface area contributed by atoms with E-state index in [0.29, 0.717) is 5.56 Å². The van der Waals surface area contributed by atoms with Crippen molar-refractivity contribution in [3.05, 3.63) is 35.9 Å². The van der Waals surface area contributed by atoms with Crippen molar-refractivity contribution in [2.24, 2.45) is 0 Å². The average Bonchev–Trinajstić information content (AvgIpc) is 2.51. The molecule has 0 aliphatic heterocycles. The van der Waals surface area contributed by atoms with Gasteiger partial charge in [-0.05, 0) is 5.56 Å². The molecule has 0 saturated heterocycles. The third kappa shape index (κ3) is 7.29. The Morgan fingerprint density at radius 3 is 2.33 bits per heavy atom. The molecule has 7 nitrogen and oxygen atoms in total. The lowest BCUT2D eigenvalue weighted by molar-refractivity contribution is -0.217. The summed E-state index contributed by atoms with van der Waals surface area (Å²) in [6.07, 6.45) is -8.68. The lowest BCUT2D eigenvalue weighted by Gasteiger charge is -2.18. The molecular formula is C14H16F3NO6. The van der Waals surface area contributed by atoms with E-state index in [0.717, 1.165) is 0 Å². The second-order valence-electron chi connectivity index (χ2n) is 4.69. The largest absolute Gasteiger partial charge is 0.480 e. The number of halogens is 3. The van der Waals surface area contributed by atoms with Crippen LogP contribution in [0.1, 0.15) is 5.56 Å². The molecule has 1 aromatic carbocycles. The molecule has 2 atom stereocenters. The van der Waals surface area contributed by atoms with E-state index in [1.165, 1.54) is 0 Å². The van der Waals surface area contributed by atoms with Crippen molar-refractivity contribution in [3.63, 3.8) is 0 Å². The number of carbonyl (C=O) groups is 2. The summed E-state index contributed by atoms with van der Waals surface area (Å²) in [4.78, 5) is 22.5. The van der Waals surface area contributed by atoms with Crippen molar-refractivity contribution >= 4 is 12.1 Å². The van der Waals surface area contributed by atoms with Crippen LogP contribution >= 0.6 is 0 Å². The van der Waals surface area contributed by atoms with Gasteiger partial charge in [0.2, 0.25) is 0 Å². The second kappa shape index (κ2) is 9.08. The highest BCUT2D eigenvalue weighted by Crippen LogP contribution is 2.19. The van der Waals surface area contributed by atoms with E-state index in [-0.39, 0.29) is 6.61 Å². The maximum Gasteiger partial charge on any atom is 0.416 e. The standard InChI is InChI=1S/C14H16F3NO6/c15-14(16,17)11(19)8-23-7-10(12(20)21)18-13(22)24-6-9-4-2-1-3-5-9/h1-5,10-11,19H,6-8H2,(H,18,22)(H,20,21). The van der Waals surface area contributed by atoms with Crippen LogP contribution in [0.15, 0.2) is 30.3 Å². The number of alkyl carbamates (subject to hydrolysis) is 1. The summed E-state index contributed by atoms with van der Waals surface area (Å²) in [5.74, 6) is -1.52. The highest BCUT2D eigenvalue weighted by atomic mass is 19.4. The Morgan fingerprint density at radius 2 is 1.79 bits per heavy atom. The molecule has 0 bridgehead atoms. The number of nitrogens with one attached hydrogen (secondary N) is 1. The number of hydrogen-bond donors (Lipinski definition) is 3. The number of carbonyl (C=O) groups excluding carboxylic acids is 1. The molecule has 10 heteroatoms. The number of amides is 1. The first-order valence-electron chi connectivity index (χ1n) is 6.72. The van der Waals surface area contributed by atoms with Crippen LogP contribution in [0.4, 0.5) is 18.0 Å². The monoisotopic (exact) mass is 351 g/mol. The van der Waals surface area contributed by atoms with Crippen LogP contribution in [0.25, 0.3) is 0 Å². The van der Waals surface area contributed by atoms with E-state index >= 15 is 0 Å². The minimum absolute atomic E-state index is 0.105. The Kier molecular flexibility index (Phi) is 7.46. The van der Waals surface area contributed by atoms with Crippen LogP contribution in [0.2, 0.25) is 0 Å². The summed E-state index contributed by atoms with van der Waals surface area (Å²) in [7, 11) is 0. The highest BCUT2D eigenvalue weighted by Gasteiger charge is 2.38. The highest BCUT2D eigenvalue weighted by molar-refractivity contribution is 5.80. The molecule has 0 aliphatic carbocycles. The van der Waals surface area contributed by atoms with Gasteiger partial charge in [-0.25, -0.2) is 9.59 Å². The number of rotatable bonds is 8. The molecule has 24 heavy (non-hydrogen) atoms. The van der Waals surface area contributed by atoms with Gasteiger partial charge in [-0.15, -0.1) is 0 Å². The Balaban J connectivity index is 2.39. The molecule has 0 saturated carbocycles. The molecular weight excluding hydrogens is 335 g/mol. The summed E-state index contributed by atoms with van der Waals surface area (Å²) >= 11 is 0. The van der Waals surface area contributed by atoms with Crippen molar-refractivity contribution in [3.8, 4) is 0 Å². The zero-order valence-corrected chi connectivity index (χ0v) is 12.3. The van der Waals surface area contributed by atoms with Crippen molar-refractivity contribution in [2.45, 2.75) is 24.9 Å². The van der Waals surface area contributed by atoms with Gasteiger partial charge in [0.25, 0.3) is 0 Å². The summed E-state index contributed by atoms with van der Waals surface area (Å²) in [6, 6.07) is 6.95. The fourth-order valence-electron chi connectivity index (χ4n) is 1.47. The van der Waals surface area contributed by atoms with E-state index < -0.39 is 43.6 Å². The molecule has 0 aromatic heterocycles. The Hall–Kier alpha value is -2.33. The van der Waals surface area contributed by atoms with Gasteiger partial charge in [-0.1, -0.05) is 30.3 Å². The van der Waals surface area contributed by atoms with Crippen molar-refractivity contribution in [1.82, 2.24) is 5.32 Å². The van der Waals surface area contributed by atoms with Crippen LogP contribution in [0, 0.1) is 0 Å². The third-order valence-corrected chi connectivity index (χ3v) is 2.74. The van der Waals surface area contributed by atoms with Gasteiger partial charge in [0.1, 0.15) is 6.61 Å². The number of aliphatic hydroxyl groups is 1.